The number of rotatable bonds is 17. The zero-order valence-corrected chi connectivity index (χ0v) is 22.5. The predicted molar refractivity (Wildman–Crippen MR) is 131 cm³/mol. The van der Waals surface area contributed by atoms with Crippen molar-refractivity contribution in [1.82, 2.24) is 4.90 Å². The minimum absolute atomic E-state index is 0.0120. The molecule has 0 aliphatic rings. The number of nitrogens with zero attached hydrogens (tertiary/aromatic N) is 1. The Labute approximate surface area is 201 Å². The molecule has 0 heterocycles. The van der Waals surface area contributed by atoms with Crippen molar-refractivity contribution in [1.29, 1.82) is 0 Å². The van der Waals surface area contributed by atoms with Crippen molar-refractivity contribution in [3.05, 3.63) is 12.3 Å². The van der Waals surface area contributed by atoms with Gasteiger partial charge in [0.1, 0.15) is 6.10 Å². The van der Waals surface area contributed by atoms with Gasteiger partial charge in [0, 0.05) is 39.3 Å². The van der Waals surface area contributed by atoms with Crippen LogP contribution in [0.4, 0.5) is 0 Å². The van der Waals surface area contributed by atoms with E-state index in [1.807, 2.05) is 47.6 Å². The molecule has 0 aliphatic carbocycles. The van der Waals surface area contributed by atoms with E-state index < -0.39 is 6.10 Å². The predicted octanol–water partition coefficient (Wildman–Crippen LogP) is 4.28. The monoisotopic (exact) mass is 471 g/mol. The van der Waals surface area contributed by atoms with E-state index in [0.717, 1.165) is 12.8 Å². The highest BCUT2D eigenvalue weighted by Crippen LogP contribution is 2.29. The number of esters is 1. The lowest BCUT2D eigenvalue weighted by atomic mass is 9.84. The molecule has 0 rings (SSSR count). The Balaban J connectivity index is 5.45. The van der Waals surface area contributed by atoms with Crippen molar-refractivity contribution in [3.63, 3.8) is 0 Å². The highest BCUT2D eigenvalue weighted by molar-refractivity contribution is 5.71. The van der Waals surface area contributed by atoms with Gasteiger partial charge in [-0.15, -0.1) is 0 Å². The fourth-order valence-corrected chi connectivity index (χ4v) is 3.93. The van der Waals surface area contributed by atoms with Gasteiger partial charge >= 0.3 is 5.97 Å². The molecule has 0 radical (unpaired) electrons. The van der Waals surface area contributed by atoms with Gasteiger partial charge in [0.05, 0.1) is 24.2 Å². The molecule has 33 heavy (non-hydrogen) atoms. The van der Waals surface area contributed by atoms with Crippen LogP contribution in [0.1, 0.15) is 67.7 Å². The van der Waals surface area contributed by atoms with Crippen molar-refractivity contribution in [2.24, 2.45) is 29.6 Å². The lowest BCUT2D eigenvalue weighted by molar-refractivity contribution is -0.159. The summed E-state index contributed by atoms with van der Waals surface area (Å²) in [6.07, 6.45) is 5.43. The fraction of sp³-hybridized carbons (Fsp3) is 0.846. The number of hydrogen-bond donors (Lipinski definition) is 1. The summed E-state index contributed by atoms with van der Waals surface area (Å²) in [6.45, 7) is 13.8. The standard InChI is InChI=1S/C26H49NO6/c1-17(2)22(29)15-24(31-9)19(5)11-12-23(33-26(30)18(3)4)21(7)25(32-10)20(6)13-14-27(8)16-28/h13-14,16-25,29H,11-12,15H2,1-10H3/b14-13+. The molecule has 0 aromatic heterocycles. The molecule has 0 aromatic rings. The Hall–Kier alpha value is -1.44. The zero-order valence-electron chi connectivity index (χ0n) is 22.5. The quantitative estimate of drug-likeness (QED) is 0.252. The Kier molecular flexibility index (Phi) is 15.5. The van der Waals surface area contributed by atoms with Crippen LogP contribution in [0, 0.1) is 29.6 Å². The molecule has 7 nitrogen and oxygen atoms in total. The van der Waals surface area contributed by atoms with Crippen LogP contribution in [-0.4, -0.2) is 68.1 Å². The number of ether oxygens (including phenoxy) is 3. The summed E-state index contributed by atoms with van der Waals surface area (Å²) in [5.74, 6) is -0.132. The third-order valence-corrected chi connectivity index (χ3v) is 6.51. The Morgan fingerprint density at radius 2 is 1.58 bits per heavy atom. The number of amides is 1. The first-order chi connectivity index (χ1) is 15.4. The van der Waals surface area contributed by atoms with Crippen LogP contribution in [0.3, 0.4) is 0 Å². The zero-order chi connectivity index (χ0) is 25.7. The number of aliphatic hydroxyl groups excluding tert-OH is 1. The summed E-state index contributed by atoms with van der Waals surface area (Å²) in [7, 11) is 5.02. The largest absolute Gasteiger partial charge is 0.462 e. The highest BCUT2D eigenvalue weighted by atomic mass is 16.5. The number of aliphatic hydroxyl groups is 1. The van der Waals surface area contributed by atoms with Crippen LogP contribution >= 0.6 is 0 Å². The second-order valence-electron chi connectivity index (χ2n) is 10.0. The number of hydrogen-bond acceptors (Lipinski definition) is 6. The Bertz CT molecular complexity index is 579. The van der Waals surface area contributed by atoms with Crippen LogP contribution in [-0.2, 0) is 23.8 Å². The number of carbonyl (C=O) groups is 2. The molecule has 1 amide bonds. The van der Waals surface area contributed by atoms with E-state index in [-0.39, 0.29) is 53.9 Å². The van der Waals surface area contributed by atoms with E-state index in [0.29, 0.717) is 12.8 Å². The first-order valence-electron chi connectivity index (χ1n) is 12.2. The molecular formula is C26H49NO6. The van der Waals surface area contributed by atoms with Gasteiger partial charge in [0.2, 0.25) is 6.41 Å². The van der Waals surface area contributed by atoms with Crippen LogP contribution in [0.2, 0.25) is 0 Å². The molecule has 7 unspecified atom stereocenters. The van der Waals surface area contributed by atoms with E-state index in [1.54, 1.807) is 27.5 Å². The molecule has 0 saturated heterocycles. The normalized spacial score (nSPS) is 18.6. The van der Waals surface area contributed by atoms with E-state index in [9.17, 15) is 14.7 Å². The van der Waals surface area contributed by atoms with Gasteiger partial charge in [-0.05, 0) is 31.1 Å². The first kappa shape index (κ1) is 31.6. The summed E-state index contributed by atoms with van der Waals surface area (Å²) in [6, 6.07) is 0. The molecular weight excluding hydrogens is 422 g/mol. The highest BCUT2D eigenvalue weighted by Gasteiger charge is 2.33. The van der Waals surface area contributed by atoms with Crippen molar-refractivity contribution >= 4 is 12.4 Å². The second-order valence-corrected chi connectivity index (χ2v) is 10.0. The summed E-state index contributed by atoms with van der Waals surface area (Å²) in [5, 5.41) is 10.3. The Morgan fingerprint density at radius 3 is 2.03 bits per heavy atom. The lowest BCUT2D eigenvalue weighted by Crippen LogP contribution is -2.39. The Morgan fingerprint density at radius 1 is 0.970 bits per heavy atom. The van der Waals surface area contributed by atoms with Gasteiger partial charge < -0.3 is 24.2 Å². The molecule has 0 aliphatic heterocycles. The van der Waals surface area contributed by atoms with E-state index in [4.69, 9.17) is 14.2 Å². The molecule has 1 N–H and O–H groups in total. The van der Waals surface area contributed by atoms with Crippen LogP contribution < -0.4 is 0 Å². The van der Waals surface area contributed by atoms with Gasteiger partial charge in [-0.25, -0.2) is 0 Å². The van der Waals surface area contributed by atoms with Crippen molar-refractivity contribution in [3.8, 4) is 0 Å². The molecule has 7 heteroatoms. The minimum atomic E-state index is -0.416. The molecule has 0 fully saturated rings. The fourth-order valence-electron chi connectivity index (χ4n) is 3.93. The van der Waals surface area contributed by atoms with E-state index in [2.05, 4.69) is 6.92 Å². The van der Waals surface area contributed by atoms with E-state index >= 15 is 0 Å². The first-order valence-corrected chi connectivity index (χ1v) is 12.2. The van der Waals surface area contributed by atoms with Gasteiger partial charge in [0.15, 0.2) is 0 Å². The summed E-state index contributed by atoms with van der Waals surface area (Å²) in [5.41, 5.74) is 0. The summed E-state index contributed by atoms with van der Waals surface area (Å²) >= 11 is 0. The molecule has 7 atom stereocenters. The van der Waals surface area contributed by atoms with Gasteiger partial charge in [-0.3, -0.25) is 9.59 Å². The average Bonchev–Trinajstić information content (AvgIpc) is 2.77. The lowest BCUT2D eigenvalue weighted by Gasteiger charge is -2.34. The molecule has 0 spiro atoms. The molecule has 0 bridgehead atoms. The van der Waals surface area contributed by atoms with Gasteiger partial charge in [-0.2, -0.15) is 0 Å². The number of carbonyl (C=O) groups excluding carboxylic acids is 2. The van der Waals surface area contributed by atoms with Crippen molar-refractivity contribution in [2.75, 3.05) is 21.3 Å². The van der Waals surface area contributed by atoms with Crippen LogP contribution in [0.15, 0.2) is 12.3 Å². The van der Waals surface area contributed by atoms with Crippen molar-refractivity contribution in [2.45, 2.75) is 92.1 Å². The molecule has 0 saturated carbocycles. The maximum atomic E-state index is 12.5. The van der Waals surface area contributed by atoms with Crippen LogP contribution in [0.5, 0.6) is 0 Å². The maximum Gasteiger partial charge on any atom is 0.308 e. The average molecular weight is 472 g/mol. The third-order valence-electron chi connectivity index (χ3n) is 6.51. The summed E-state index contributed by atoms with van der Waals surface area (Å²) in [4.78, 5) is 24.8. The van der Waals surface area contributed by atoms with E-state index in [1.165, 1.54) is 4.90 Å². The number of methoxy groups -OCH3 is 2. The minimum Gasteiger partial charge on any atom is -0.462 e. The van der Waals surface area contributed by atoms with Gasteiger partial charge in [0.25, 0.3) is 0 Å². The smallest absolute Gasteiger partial charge is 0.308 e. The maximum absolute atomic E-state index is 12.5. The van der Waals surface area contributed by atoms with Gasteiger partial charge in [-0.1, -0.05) is 54.5 Å². The summed E-state index contributed by atoms with van der Waals surface area (Å²) < 4.78 is 17.4. The SMILES string of the molecule is COC(CC(O)C(C)C)C(C)CCC(OC(=O)C(C)C)C(C)C(OC)C(C)/C=C/N(C)C=O. The third kappa shape index (κ3) is 11.5. The second kappa shape index (κ2) is 16.2. The topological polar surface area (TPSA) is 85.3 Å². The molecule has 0 aromatic carbocycles. The molecule has 194 valence electrons. The van der Waals surface area contributed by atoms with Crippen LogP contribution in [0.25, 0.3) is 0 Å². The van der Waals surface area contributed by atoms with Crippen molar-refractivity contribution < 1.29 is 28.9 Å².